The quantitative estimate of drug-likeness (QED) is 0.612. The van der Waals surface area contributed by atoms with E-state index < -0.39 is 0 Å². The lowest BCUT2D eigenvalue weighted by molar-refractivity contribution is 0.102. The summed E-state index contributed by atoms with van der Waals surface area (Å²) < 4.78 is 0. The van der Waals surface area contributed by atoms with E-state index in [1.165, 1.54) is 12.2 Å². The molecule has 2 aromatic rings. The molecule has 0 aliphatic heterocycles. The average molecular weight is 292 g/mol. The Morgan fingerprint density at radius 2 is 1.00 bits per heavy atom. The maximum absolute atomic E-state index is 12.1. The Morgan fingerprint density at radius 1 is 0.636 bits per heavy atom. The van der Waals surface area contributed by atoms with E-state index in [1.54, 1.807) is 12.1 Å². The van der Waals surface area contributed by atoms with Gasteiger partial charge in [-0.15, -0.1) is 0 Å². The molecule has 112 valence electrons. The maximum atomic E-state index is 12.1. The SMILES string of the molecule is Cc1ccc(C(=O)C=CC(=O)c2ccc(C)c(C)c2)cc1C. The minimum atomic E-state index is -0.153. The van der Waals surface area contributed by atoms with Gasteiger partial charge in [-0.1, -0.05) is 24.3 Å². The highest BCUT2D eigenvalue weighted by atomic mass is 16.1. The molecule has 0 saturated heterocycles. The molecule has 0 fully saturated rings. The van der Waals surface area contributed by atoms with E-state index in [0.29, 0.717) is 11.1 Å². The van der Waals surface area contributed by atoms with Gasteiger partial charge in [0.25, 0.3) is 0 Å². The Morgan fingerprint density at radius 3 is 1.32 bits per heavy atom. The zero-order valence-corrected chi connectivity index (χ0v) is 13.4. The molecule has 0 atom stereocenters. The van der Waals surface area contributed by atoms with Gasteiger partial charge in [0, 0.05) is 11.1 Å². The van der Waals surface area contributed by atoms with Crippen molar-refractivity contribution in [3.8, 4) is 0 Å². The lowest BCUT2D eigenvalue weighted by Gasteiger charge is -2.03. The van der Waals surface area contributed by atoms with Gasteiger partial charge in [0.05, 0.1) is 0 Å². The van der Waals surface area contributed by atoms with Crippen molar-refractivity contribution in [2.75, 3.05) is 0 Å². The number of allylic oxidation sites excluding steroid dienone is 2. The number of rotatable bonds is 4. The molecule has 0 aromatic heterocycles. The molecule has 0 spiro atoms. The summed E-state index contributed by atoms with van der Waals surface area (Å²) in [6, 6.07) is 11.1. The number of hydrogen-bond donors (Lipinski definition) is 0. The number of hydrogen-bond acceptors (Lipinski definition) is 2. The summed E-state index contributed by atoms with van der Waals surface area (Å²) in [5, 5.41) is 0. The summed E-state index contributed by atoms with van der Waals surface area (Å²) >= 11 is 0. The van der Waals surface area contributed by atoms with Crippen molar-refractivity contribution in [2.24, 2.45) is 0 Å². The van der Waals surface area contributed by atoms with Crippen LogP contribution in [-0.4, -0.2) is 11.6 Å². The summed E-state index contributed by atoms with van der Waals surface area (Å²) in [5.41, 5.74) is 5.64. The Labute approximate surface area is 131 Å². The molecule has 0 unspecified atom stereocenters. The second kappa shape index (κ2) is 6.52. The van der Waals surface area contributed by atoms with Crippen molar-refractivity contribution >= 4 is 11.6 Å². The summed E-state index contributed by atoms with van der Waals surface area (Å²) in [6.45, 7) is 7.94. The van der Waals surface area contributed by atoms with Crippen LogP contribution in [0.5, 0.6) is 0 Å². The van der Waals surface area contributed by atoms with Gasteiger partial charge in [0.15, 0.2) is 11.6 Å². The van der Waals surface area contributed by atoms with Crippen LogP contribution in [0, 0.1) is 27.7 Å². The third-order valence-corrected chi connectivity index (χ3v) is 3.97. The van der Waals surface area contributed by atoms with E-state index in [9.17, 15) is 9.59 Å². The van der Waals surface area contributed by atoms with Gasteiger partial charge < -0.3 is 0 Å². The van der Waals surface area contributed by atoms with E-state index in [2.05, 4.69) is 0 Å². The monoisotopic (exact) mass is 292 g/mol. The second-order valence-electron chi connectivity index (χ2n) is 5.66. The Kier molecular flexibility index (Phi) is 4.71. The molecule has 2 heteroatoms. The smallest absolute Gasteiger partial charge is 0.185 e. The molecular weight excluding hydrogens is 272 g/mol. The number of carbonyl (C=O) groups excluding carboxylic acids is 2. The number of aryl methyl sites for hydroxylation is 4. The highest BCUT2D eigenvalue weighted by Crippen LogP contribution is 2.13. The second-order valence-corrected chi connectivity index (χ2v) is 5.66. The topological polar surface area (TPSA) is 34.1 Å². The molecule has 2 aromatic carbocycles. The third kappa shape index (κ3) is 3.59. The van der Waals surface area contributed by atoms with E-state index in [-0.39, 0.29) is 11.6 Å². The molecule has 0 aliphatic carbocycles. The van der Waals surface area contributed by atoms with Gasteiger partial charge in [-0.25, -0.2) is 0 Å². The predicted molar refractivity (Wildman–Crippen MR) is 89.6 cm³/mol. The molecule has 0 N–H and O–H groups in total. The molecule has 2 rings (SSSR count). The van der Waals surface area contributed by atoms with E-state index in [4.69, 9.17) is 0 Å². The van der Waals surface area contributed by atoms with Gasteiger partial charge in [0.2, 0.25) is 0 Å². The number of benzene rings is 2. The molecule has 0 radical (unpaired) electrons. The van der Waals surface area contributed by atoms with Crippen LogP contribution in [0.4, 0.5) is 0 Å². The average Bonchev–Trinajstić information content (AvgIpc) is 2.50. The predicted octanol–water partition coefficient (Wildman–Crippen LogP) is 4.54. The lowest BCUT2D eigenvalue weighted by Crippen LogP contribution is -2.00. The van der Waals surface area contributed by atoms with Gasteiger partial charge in [-0.05, 0) is 74.2 Å². The van der Waals surface area contributed by atoms with Crippen molar-refractivity contribution in [1.29, 1.82) is 0 Å². The third-order valence-electron chi connectivity index (χ3n) is 3.97. The van der Waals surface area contributed by atoms with Gasteiger partial charge >= 0.3 is 0 Å². The molecule has 0 aliphatic rings. The summed E-state index contributed by atoms with van der Waals surface area (Å²) in [7, 11) is 0. The lowest BCUT2D eigenvalue weighted by atomic mass is 10.0. The number of ketones is 2. The summed E-state index contributed by atoms with van der Waals surface area (Å²) in [6.07, 6.45) is 2.70. The fourth-order valence-electron chi connectivity index (χ4n) is 2.13. The fourth-order valence-corrected chi connectivity index (χ4v) is 2.13. The Bertz CT molecular complexity index is 702. The molecule has 22 heavy (non-hydrogen) atoms. The van der Waals surface area contributed by atoms with Gasteiger partial charge in [0.1, 0.15) is 0 Å². The minimum Gasteiger partial charge on any atom is -0.289 e. The van der Waals surface area contributed by atoms with E-state index in [1.807, 2.05) is 52.0 Å². The van der Waals surface area contributed by atoms with Crippen LogP contribution in [0.2, 0.25) is 0 Å². The maximum Gasteiger partial charge on any atom is 0.185 e. The van der Waals surface area contributed by atoms with Crippen molar-refractivity contribution < 1.29 is 9.59 Å². The normalized spacial score (nSPS) is 10.9. The van der Waals surface area contributed by atoms with E-state index in [0.717, 1.165) is 22.3 Å². The van der Waals surface area contributed by atoms with Crippen LogP contribution in [-0.2, 0) is 0 Å². The summed E-state index contributed by atoms with van der Waals surface area (Å²) in [4.78, 5) is 24.3. The standard InChI is InChI=1S/C20H20O2/c1-13-5-7-17(11-15(13)3)19(21)9-10-20(22)18-8-6-14(2)16(4)12-18/h5-12H,1-4H3. The molecule has 0 bridgehead atoms. The first-order valence-electron chi connectivity index (χ1n) is 7.29. The summed E-state index contributed by atoms with van der Waals surface area (Å²) in [5.74, 6) is -0.305. The van der Waals surface area contributed by atoms with Crippen LogP contribution >= 0.6 is 0 Å². The Balaban J connectivity index is 2.16. The highest BCUT2D eigenvalue weighted by molar-refractivity contribution is 6.12. The minimum absolute atomic E-state index is 0.153. The molecule has 0 heterocycles. The van der Waals surface area contributed by atoms with Crippen LogP contribution in [0.25, 0.3) is 0 Å². The largest absolute Gasteiger partial charge is 0.289 e. The van der Waals surface area contributed by atoms with E-state index >= 15 is 0 Å². The zero-order valence-electron chi connectivity index (χ0n) is 13.4. The first-order valence-corrected chi connectivity index (χ1v) is 7.29. The Hall–Kier alpha value is -2.48. The van der Waals surface area contributed by atoms with Crippen LogP contribution in [0.3, 0.4) is 0 Å². The molecule has 0 saturated carbocycles. The van der Waals surface area contributed by atoms with Crippen molar-refractivity contribution in [1.82, 2.24) is 0 Å². The van der Waals surface area contributed by atoms with Gasteiger partial charge in [-0.2, -0.15) is 0 Å². The zero-order chi connectivity index (χ0) is 16.3. The van der Waals surface area contributed by atoms with Crippen molar-refractivity contribution in [2.45, 2.75) is 27.7 Å². The first kappa shape index (κ1) is 15.9. The fraction of sp³-hybridized carbons (Fsp3) is 0.200. The first-order chi connectivity index (χ1) is 10.4. The van der Waals surface area contributed by atoms with Crippen LogP contribution in [0.1, 0.15) is 43.0 Å². The van der Waals surface area contributed by atoms with Crippen molar-refractivity contribution in [3.63, 3.8) is 0 Å². The number of carbonyl (C=O) groups is 2. The van der Waals surface area contributed by atoms with Crippen LogP contribution < -0.4 is 0 Å². The highest BCUT2D eigenvalue weighted by Gasteiger charge is 2.06. The van der Waals surface area contributed by atoms with Crippen LogP contribution in [0.15, 0.2) is 48.6 Å². The van der Waals surface area contributed by atoms with Gasteiger partial charge in [-0.3, -0.25) is 9.59 Å². The van der Waals surface area contributed by atoms with Crippen molar-refractivity contribution in [3.05, 3.63) is 81.9 Å². The molecule has 0 amide bonds. The molecule has 2 nitrogen and oxygen atoms in total. The molecular formula is C20H20O2.